The molecule has 0 aromatic heterocycles. The molecule has 0 saturated heterocycles. The molecule has 3 rings (SSSR count). The van der Waals surface area contributed by atoms with Gasteiger partial charge in [-0.3, -0.25) is 4.79 Å². The number of hydrogen-bond donors (Lipinski definition) is 1. The quantitative estimate of drug-likeness (QED) is 0.904. The Balaban J connectivity index is 1.90. The Morgan fingerprint density at radius 1 is 1.47 bits per heavy atom. The lowest BCUT2D eigenvalue weighted by molar-refractivity contribution is 0.0738. The predicted octanol–water partition coefficient (Wildman–Crippen LogP) is 2.51. The van der Waals surface area contributed by atoms with Crippen LogP contribution in [-0.4, -0.2) is 36.5 Å². The molecule has 1 fully saturated rings. The van der Waals surface area contributed by atoms with Gasteiger partial charge in [0.05, 0.1) is 11.3 Å². The fourth-order valence-electron chi connectivity index (χ4n) is 2.57. The van der Waals surface area contributed by atoms with Crippen molar-refractivity contribution in [3.05, 3.63) is 23.8 Å². The van der Waals surface area contributed by atoms with Crippen molar-refractivity contribution in [2.75, 3.05) is 25.0 Å². The first-order chi connectivity index (χ1) is 9.31. The van der Waals surface area contributed by atoms with Crippen molar-refractivity contribution < 1.29 is 9.53 Å². The largest absolute Gasteiger partial charge is 0.489 e. The summed E-state index contributed by atoms with van der Waals surface area (Å²) in [6.45, 7) is 4.36. The molecule has 1 heterocycles. The van der Waals surface area contributed by atoms with E-state index in [-0.39, 0.29) is 5.91 Å². The van der Waals surface area contributed by atoms with Gasteiger partial charge in [0.1, 0.15) is 6.61 Å². The lowest BCUT2D eigenvalue weighted by Gasteiger charge is -2.26. The van der Waals surface area contributed by atoms with E-state index in [1.807, 2.05) is 23.1 Å². The molecule has 1 aliphatic heterocycles. The molecule has 1 amide bonds. The summed E-state index contributed by atoms with van der Waals surface area (Å²) in [6, 6.07) is 6.20. The number of amides is 1. The van der Waals surface area contributed by atoms with Crippen molar-refractivity contribution >= 4 is 11.6 Å². The highest BCUT2D eigenvalue weighted by Gasteiger charge is 2.34. The number of nitrogens with zero attached hydrogens (tertiary/aromatic N) is 1. The van der Waals surface area contributed by atoms with E-state index in [0.717, 1.165) is 43.8 Å². The van der Waals surface area contributed by atoms with Gasteiger partial charge in [-0.2, -0.15) is 0 Å². The summed E-state index contributed by atoms with van der Waals surface area (Å²) in [5.74, 6) is 0.838. The van der Waals surface area contributed by atoms with Gasteiger partial charge in [-0.25, -0.2) is 0 Å². The van der Waals surface area contributed by atoms with Crippen molar-refractivity contribution in [1.82, 2.24) is 4.90 Å². The first kappa shape index (κ1) is 12.3. The Kier molecular flexibility index (Phi) is 3.32. The van der Waals surface area contributed by atoms with Crippen LogP contribution in [0.1, 0.15) is 36.5 Å². The number of carbonyl (C=O) groups excluding carboxylic acids is 1. The third-order valence-corrected chi connectivity index (χ3v) is 3.62. The minimum Gasteiger partial charge on any atom is -0.489 e. The highest BCUT2D eigenvalue weighted by molar-refractivity contribution is 5.99. The van der Waals surface area contributed by atoms with Gasteiger partial charge in [0.15, 0.2) is 5.75 Å². The zero-order valence-electron chi connectivity index (χ0n) is 11.3. The van der Waals surface area contributed by atoms with E-state index in [9.17, 15) is 4.79 Å². The van der Waals surface area contributed by atoms with Gasteiger partial charge in [0.25, 0.3) is 5.91 Å². The van der Waals surface area contributed by atoms with Crippen LogP contribution in [0.25, 0.3) is 0 Å². The molecule has 0 spiro atoms. The van der Waals surface area contributed by atoms with E-state index in [4.69, 9.17) is 4.74 Å². The zero-order valence-corrected chi connectivity index (χ0v) is 11.3. The van der Waals surface area contributed by atoms with E-state index in [1.54, 1.807) is 0 Å². The van der Waals surface area contributed by atoms with Gasteiger partial charge in [-0.15, -0.1) is 0 Å². The average molecular weight is 260 g/mol. The van der Waals surface area contributed by atoms with Gasteiger partial charge < -0.3 is 15.0 Å². The standard InChI is InChI=1S/C15H20N2O2/c1-2-9-17(11-6-7-11)15(18)12-4-3-5-13-14(12)19-10-8-16-13/h3-5,11,16H,2,6-10H2,1H3. The van der Waals surface area contributed by atoms with Crippen LogP contribution in [0.5, 0.6) is 5.75 Å². The van der Waals surface area contributed by atoms with E-state index in [1.165, 1.54) is 0 Å². The van der Waals surface area contributed by atoms with Crippen LogP contribution in [0.3, 0.4) is 0 Å². The monoisotopic (exact) mass is 260 g/mol. The molecule has 4 nitrogen and oxygen atoms in total. The van der Waals surface area contributed by atoms with Crippen molar-refractivity contribution in [2.24, 2.45) is 0 Å². The first-order valence-electron chi connectivity index (χ1n) is 7.12. The normalized spacial score (nSPS) is 17.1. The smallest absolute Gasteiger partial charge is 0.257 e. The van der Waals surface area contributed by atoms with Gasteiger partial charge in [0.2, 0.25) is 0 Å². The van der Waals surface area contributed by atoms with E-state index < -0.39 is 0 Å². The molecule has 1 aromatic rings. The fraction of sp³-hybridized carbons (Fsp3) is 0.533. The lowest BCUT2D eigenvalue weighted by Crippen LogP contribution is -2.34. The molecule has 1 aromatic carbocycles. The number of hydrogen-bond acceptors (Lipinski definition) is 3. The summed E-state index contributed by atoms with van der Waals surface area (Å²) >= 11 is 0. The third-order valence-electron chi connectivity index (χ3n) is 3.62. The second-order valence-electron chi connectivity index (χ2n) is 5.19. The zero-order chi connectivity index (χ0) is 13.2. The Morgan fingerprint density at radius 3 is 3.05 bits per heavy atom. The van der Waals surface area contributed by atoms with Crippen molar-refractivity contribution in [3.8, 4) is 5.75 Å². The molecular weight excluding hydrogens is 240 g/mol. The summed E-state index contributed by atoms with van der Waals surface area (Å²) in [4.78, 5) is 14.7. The van der Waals surface area contributed by atoms with Gasteiger partial charge >= 0.3 is 0 Å². The number of rotatable bonds is 4. The SMILES string of the molecule is CCCN(C(=O)c1cccc2c1OCCN2)C1CC1. The van der Waals surface area contributed by atoms with Crippen LogP contribution in [0.2, 0.25) is 0 Å². The van der Waals surface area contributed by atoms with E-state index >= 15 is 0 Å². The van der Waals surface area contributed by atoms with Crippen LogP contribution < -0.4 is 10.1 Å². The molecule has 2 aliphatic rings. The molecule has 0 unspecified atom stereocenters. The number of anilines is 1. The molecule has 1 aliphatic carbocycles. The number of ether oxygens (including phenoxy) is 1. The average Bonchev–Trinajstić information content (AvgIpc) is 3.28. The minimum absolute atomic E-state index is 0.116. The molecule has 0 atom stereocenters. The Morgan fingerprint density at radius 2 is 2.32 bits per heavy atom. The van der Waals surface area contributed by atoms with Crippen LogP contribution in [0.15, 0.2) is 18.2 Å². The molecule has 0 radical (unpaired) electrons. The maximum Gasteiger partial charge on any atom is 0.257 e. The summed E-state index contributed by atoms with van der Waals surface area (Å²) in [5, 5.41) is 3.28. The highest BCUT2D eigenvalue weighted by atomic mass is 16.5. The first-order valence-corrected chi connectivity index (χ1v) is 7.12. The molecule has 1 N–H and O–H groups in total. The number of fused-ring (bicyclic) bond motifs is 1. The number of para-hydroxylation sites is 1. The van der Waals surface area contributed by atoms with Gasteiger partial charge in [0, 0.05) is 19.1 Å². The van der Waals surface area contributed by atoms with E-state index in [0.29, 0.717) is 18.2 Å². The van der Waals surface area contributed by atoms with Crippen LogP contribution in [0.4, 0.5) is 5.69 Å². The molecule has 4 heteroatoms. The van der Waals surface area contributed by atoms with Crippen LogP contribution in [-0.2, 0) is 0 Å². The maximum absolute atomic E-state index is 12.7. The molecule has 19 heavy (non-hydrogen) atoms. The summed E-state index contributed by atoms with van der Waals surface area (Å²) in [6.07, 6.45) is 3.27. The summed E-state index contributed by atoms with van der Waals surface area (Å²) in [7, 11) is 0. The summed E-state index contributed by atoms with van der Waals surface area (Å²) in [5.41, 5.74) is 1.63. The van der Waals surface area contributed by atoms with Crippen LogP contribution in [0, 0.1) is 0 Å². The molecule has 0 bridgehead atoms. The second-order valence-corrected chi connectivity index (χ2v) is 5.19. The number of carbonyl (C=O) groups is 1. The van der Waals surface area contributed by atoms with E-state index in [2.05, 4.69) is 12.2 Å². The Hall–Kier alpha value is -1.71. The highest BCUT2D eigenvalue weighted by Crippen LogP contribution is 2.35. The number of nitrogens with one attached hydrogen (secondary N) is 1. The Labute approximate surface area is 113 Å². The van der Waals surface area contributed by atoms with Crippen LogP contribution >= 0.6 is 0 Å². The van der Waals surface area contributed by atoms with Crippen molar-refractivity contribution in [1.29, 1.82) is 0 Å². The molecule has 102 valence electrons. The minimum atomic E-state index is 0.116. The maximum atomic E-state index is 12.7. The fourth-order valence-corrected chi connectivity index (χ4v) is 2.57. The van der Waals surface area contributed by atoms with Crippen molar-refractivity contribution in [3.63, 3.8) is 0 Å². The second kappa shape index (κ2) is 5.11. The predicted molar refractivity (Wildman–Crippen MR) is 74.8 cm³/mol. The van der Waals surface area contributed by atoms with Gasteiger partial charge in [-0.05, 0) is 31.4 Å². The topological polar surface area (TPSA) is 41.6 Å². The lowest BCUT2D eigenvalue weighted by atomic mass is 10.1. The molecule has 1 saturated carbocycles. The molecular formula is C15H20N2O2. The third kappa shape index (κ3) is 2.39. The number of benzene rings is 1. The Bertz CT molecular complexity index is 483. The van der Waals surface area contributed by atoms with Gasteiger partial charge in [-0.1, -0.05) is 13.0 Å². The summed E-state index contributed by atoms with van der Waals surface area (Å²) < 4.78 is 5.69. The van der Waals surface area contributed by atoms with Crippen molar-refractivity contribution in [2.45, 2.75) is 32.2 Å².